The van der Waals surface area contributed by atoms with E-state index in [4.69, 9.17) is 17.0 Å². The molecule has 1 amide bonds. The highest BCUT2D eigenvalue weighted by molar-refractivity contribution is 7.81. The molecular weight excluding hydrogens is 214 g/mol. The second-order valence-corrected chi connectivity index (χ2v) is 4.64. The summed E-state index contributed by atoms with van der Waals surface area (Å²) in [5.74, 6) is 0. The van der Waals surface area contributed by atoms with Gasteiger partial charge in [0, 0.05) is 6.54 Å². The van der Waals surface area contributed by atoms with E-state index < -0.39 is 11.7 Å². The lowest BCUT2D eigenvalue weighted by molar-refractivity contribution is -0.102. The minimum absolute atomic E-state index is 0.376. The third-order valence-electron chi connectivity index (χ3n) is 1.40. The third-order valence-corrected chi connectivity index (χ3v) is 1.70. The first-order valence-electron chi connectivity index (χ1n) is 4.80. The summed E-state index contributed by atoms with van der Waals surface area (Å²) in [7, 11) is 0. The zero-order chi connectivity index (χ0) is 11.9. The number of carbonyl (C=O) groups is 2. The van der Waals surface area contributed by atoms with Crippen LogP contribution in [0.15, 0.2) is 0 Å². The number of rotatable bonds is 5. The molecule has 0 aromatic rings. The molecule has 1 N–H and O–H groups in total. The van der Waals surface area contributed by atoms with Crippen molar-refractivity contribution in [1.29, 1.82) is 0 Å². The van der Waals surface area contributed by atoms with Gasteiger partial charge in [-0.1, -0.05) is 12.2 Å². The fourth-order valence-electron chi connectivity index (χ4n) is 0.826. The molecule has 0 atom stereocenters. The predicted molar refractivity (Wildman–Crippen MR) is 62.1 cm³/mol. The fourth-order valence-corrected chi connectivity index (χ4v) is 0.971. The molecule has 0 rings (SSSR count). The number of amides is 1. The van der Waals surface area contributed by atoms with Crippen molar-refractivity contribution < 1.29 is 14.3 Å². The SMILES string of the molecule is CC(C)(C)OC(=O)NCCCC(=S)C=O. The van der Waals surface area contributed by atoms with E-state index in [0.717, 1.165) is 0 Å². The summed E-state index contributed by atoms with van der Waals surface area (Å²) in [6.45, 7) is 5.86. The normalized spacial score (nSPS) is 10.6. The summed E-state index contributed by atoms with van der Waals surface area (Å²) in [6.07, 6.45) is 1.38. The van der Waals surface area contributed by atoms with Gasteiger partial charge in [-0.2, -0.15) is 0 Å². The van der Waals surface area contributed by atoms with E-state index in [1.807, 2.05) is 0 Å². The van der Waals surface area contributed by atoms with Crippen LogP contribution in [0, 0.1) is 0 Å². The Morgan fingerprint density at radius 1 is 1.47 bits per heavy atom. The van der Waals surface area contributed by atoms with E-state index >= 15 is 0 Å². The summed E-state index contributed by atoms with van der Waals surface area (Å²) >= 11 is 4.71. The summed E-state index contributed by atoms with van der Waals surface area (Å²) in [4.78, 5) is 21.7. The van der Waals surface area contributed by atoms with E-state index in [1.165, 1.54) is 0 Å². The lowest BCUT2D eigenvalue weighted by Crippen LogP contribution is -2.33. The average molecular weight is 231 g/mol. The molecule has 15 heavy (non-hydrogen) atoms. The van der Waals surface area contributed by atoms with Crippen LogP contribution in [-0.4, -0.2) is 29.4 Å². The molecule has 0 spiro atoms. The van der Waals surface area contributed by atoms with Crippen LogP contribution in [0.3, 0.4) is 0 Å². The van der Waals surface area contributed by atoms with Crippen LogP contribution in [-0.2, 0) is 9.53 Å². The van der Waals surface area contributed by atoms with Gasteiger partial charge in [-0.25, -0.2) is 4.79 Å². The van der Waals surface area contributed by atoms with Crippen LogP contribution in [0.25, 0.3) is 0 Å². The molecule has 0 aliphatic heterocycles. The highest BCUT2D eigenvalue weighted by atomic mass is 32.1. The fraction of sp³-hybridized carbons (Fsp3) is 0.700. The largest absolute Gasteiger partial charge is 0.444 e. The topological polar surface area (TPSA) is 55.4 Å². The molecule has 0 saturated heterocycles. The Balaban J connectivity index is 3.56. The number of hydrogen-bond acceptors (Lipinski definition) is 4. The Labute approximate surface area is 95.4 Å². The number of hydrogen-bond donors (Lipinski definition) is 1. The highest BCUT2D eigenvalue weighted by Gasteiger charge is 2.15. The molecule has 86 valence electrons. The van der Waals surface area contributed by atoms with Crippen molar-refractivity contribution in [2.24, 2.45) is 0 Å². The van der Waals surface area contributed by atoms with Crippen molar-refractivity contribution in [2.45, 2.75) is 39.2 Å². The zero-order valence-electron chi connectivity index (χ0n) is 9.33. The molecule has 0 aliphatic carbocycles. The standard InChI is InChI=1S/C10H17NO3S/c1-10(2,3)14-9(13)11-6-4-5-8(15)7-12/h7H,4-6H2,1-3H3,(H,11,13). The Hall–Kier alpha value is -0.970. The van der Waals surface area contributed by atoms with Crippen molar-refractivity contribution in [2.75, 3.05) is 6.54 Å². The van der Waals surface area contributed by atoms with Crippen molar-refractivity contribution in [3.05, 3.63) is 0 Å². The van der Waals surface area contributed by atoms with Crippen LogP contribution >= 0.6 is 12.2 Å². The molecule has 0 radical (unpaired) electrons. The Morgan fingerprint density at radius 3 is 2.53 bits per heavy atom. The van der Waals surface area contributed by atoms with E-state index in [9.17, 15) is 9.59 Å². The second-order valence-electron chi connectivity index (χ2n) is 4.12. The van der Waals surface area contributed by atoms with E-state index in [1.54, 1.807) is 20.8 Å². The first-order chi connectivity index (χ1) is 6.85. The quantitative estimate of drug-likeness (QED) is 0.446. The number of aldehydes is 1. The van der Waals surface area contributed by atoms with Gasteiger partial charge in [-0.15, -0.1) is 0 Å². The van der Waals surface area contributed by atoms with E-state index in [-0.39, 0.29) is 0 Å². The van der Waals surface area contributed by atoms with Crippen molar-refractivity contribution in [1.82, 2.24) is 5.32 Å². The zero-order valence-corrected chi connectivity index (χ0v) is 10.1. The number of nitrogens with one attached hydrogen (secondary N) is 1. The molecule has 0 aromatic carbocycles. The first kappa shape index (κ1) is 14.0. The molecule has 5 heteroatoms. The number of thiocarbonyl (C=S) groups is 1. The Morgan fingerprint density at radius 2 is 2.07 bits per heavy atom. The highest BCUT2D eigenvalue weighted by Crippen LogP contribution is 2.06. The van der Waals surface area contributed by atoms with Crippen LogP contribution < -0.4 is 5.32 Å². The van der Waals surface area contributed by atoms with E-state index in [0.29, 0.717) is 30.5 Å². The molecule has 0 saturated carbocycles. The Bertz CT molecular complexity index is 246. The molecule has 0 unspecified atom stereocenters. The van der Waals surface area contributed by atoms with Gasteiger partial charge >= 0.3 is 6.09 Å². The number of alkyl carbamates (subject to hydrolysis) is 1. The summed E-state index contributed by atoms with van der Waals surface area (Å²) < 4.78 is 5.02. The maximum absolute atomic E-state index is 11.1. The predicted octanol–water partition coefficient (Wildman–Crippen LogP) is 1.86. The molecule has 0 bridgehead atoms. The van der Waals surface area contributed by atoms with Crippen molar-refractivity contribution >= 4 is 29.5 Å². The molecule has 0 aromatic heterocycles. The summed E-state index contributed by atoms with van der Waals surface area (Å²) in [6, 6.07) is 0. The molecular formula is C10H17NO3S. The maximum Gasteiger partial charge on any atom is 0.407 e. The van der Waals surface area contributed by atoms with Gasteiger partial charge in [-0.3, -0.25) is 4.79 Å². The minimum atomic E-state index is -0.484. The second kappa shape index (κ2) is 6.50. The maximum atomic E-state index is 11.1. The van der Waals surface area contributed by atoms with Crippen molar-refractivity contribution in [3.63, 3.8) is 0 Å². The summed E-state index contributed by atoms with van der Waals surface area (Å²) in [5.41, 5.74) is -0.484. The lowest BCUT2D eigenvalue weighted by atomic mass is 10.2. The molecule has 4 nitrogen and oxygen atoms in total. The number of carbonyl (C=O) groups excluding carboxylic acids is 2. The monoisotopic (exact) mass is 231 g/mol. The van der Waals surface area contributed by atoms with E-state index in [2.05, 4.69) is 5.32 Å². The number of ether oxygens (including phenoxy) is 1. The molecule has 0 heterocycles. The van der Waals surface area contributed by atoms with Gasteiger partial charge < -0.3 is 10.1 Å². The summed E-state index contributed by atoms with van der Waals surface area (Å²) in [5, 5.41) is 2.58. The van der Waals surface area contributed by atoms with Gasteiger partial charge in [0.15, 0.2) is 6.29 Å². The lowest BCUT2D eigenvalue weighted by Gasteiger charge is -2.19. The van der Waals surface area contributed by atoms with Crippen LogP contribution in [0.4, 0.5) is 4.79 Å². The smallest absolute Gasteiger partial charge is 0.407 e. The third kappa shape index (κ3) is 9.34. The van der Waals surface area contributed by atoms with Gasteiger partial charge in [-0.05, 0) is 33.6 Å². The van der Waals surface area contributed by atoms with Gasteiger partial charge in [0.2, 0.25) is 0 Å². The Kier molecular flexibility index (Phi) is 6.08. The first-order valence-corrected chi connectivity index (χ1v) is 5.21. The molecule has 0 fully saturated rings. The van der Waals surface area contributed by atoms with Gasteiger partial charge in [0.25, 0.3) is 0 Å². The van der Waals surface area contributed by atoms with Crippen LogP contribution in [0.5, 0.6) is 0 Å². The molecule has 0 aliphatic rings. The van der Waals surface area contributed by atoms with Crippen LogP contribution in [0.2, 0.25) is 0 Å². The van der Waals surface area contributed by atoms with Crippen molar-refractivity contribution in [3.8, 4) is 0 Å². The minimum Gasteiger partial charge on any atom is -0.444 e. The van der Waals surface area contributed by atoms with Gasteiger partial charge in [0.05, 0.1) is 4.86 Å². The van der Waals surface area contributed by atoms with Crippen LogP contribution in [0.1, 0.15) is 33.6 Å². The average Bonchev–Trinajstić information content (AvgIpc) is 2.09. The van der Waals surface area contributed by atoms with Gasteiger partial charge in [0.1, 0.15) is 5.60 Å².